The van der Waals surface area contributed by atoms with Gasteiger partial charge in [0.1, 0.15) is 0 Å². The van der Waals surface area contributed by atoms with Crippen LogP contribution in [0.3, 0.4) is 0 Å². The summed E-state index contributed by atoms with van der Waals surface area (Å²) in [6.45, 7) is 2.88. The predicted molar refractivity (Wildman–Crippen MR) is 56.1 cm³/mol. The van der Waals surface area contributed by atoms with Gasteiger partial charge in [0.2, 0.25) is 0 Å². The highest BCUT2D eigenvalue weighted by atomic mass is 16.5. The highest BCUT2D eigenvalue weighted by molar-refractivity contribution is 5.70. The molecule has 0 fully saturated rings. The van der Waals surface area contributed by atoms with Crippen LogP contribution >= 0.6 is 0 Å². The Kier molecular flexibility index (Phi) is 4.30. The van der Waals surface area contributed by atoms with Crippen molar-refractivity contribution in [2.45, 2.75) is 32.4 Å². The molecule has 1 heterocycles. The third kappa shape index (κ3) is 3.06. The van der Waals surface area contributed by atoms with Gasteiger partial charge in [0.25, 0.3) is 0 Å². The van der Waals surface area contributed by atoms with E-state index in [0.717, 1.165) is 18.7 Å². The number of carbonyl (C=O) groups excluding carboxylic acids is 1. The average molecular weight is 211 g/mol. The van der Waals surface area contributed by atoms with Gasteiger partial charge in [0, 0.05) is 12.7 Å². The summed E-state index contributed by atoms with van der Waals surface area (Å²) in [4.78, 5) is 11.1. The first-order chi connectivity index (χ1) is 7.19. The van der Waals surface area contributed by atoms with Crippen molar-refractivity contribution in [3.05, 3.63) is 18.0 Å². The van der Waals surface area contributed by atoms with Crippen LogP contribution < -0.4 is 5.73 Å². The zero-order valence-corrected chi connectivity index (χ0v) is 9.14. The fourth-order valence-electron chi connectivity index (χ4n) is 1.42. The number of hydrogen-bond donors (Lipinski definition) is 1. The van der Waals surface area contributed by atoms with Gasteiger partial charge in [-0.05, 0) is 12.5 Å². The van der Waals surface area contributed by atoms with Gasteiger partial charge in [0.15, 0.2) is 0 Å². The molecule has 1 atom stereocenters. The van der Waals surface area contributed by atoms with Crippen molar-refractivity contribution in [1.82, 2.24) is 9.78 Å². The van der Waals surface area contributed by atoms with Crippen molar-refractivity contribution in [2.24, 2.45) is 5.73 Å². The summed E-state index contributed by atoms with van der Waals surface area (Å²) in [7, 11) is 1.36. The fourth-order valence-corrected chi connectivity index (χ4v) is 1.42. The average Bonchev–Trinajstić information content (AvgIpc) is 2.66. The molecule has 0 saturated heterocycles. The van der Waals surface area contributed by atoms with E-state index in [0.29, 0.717) is 0 Å². The van der Waals surface area contributed by atoms with Gasteiger partial charge >= 0.3 is 5.97 Å². The smallest absolute Gasteiger partial charge is 0.307 e. The number of nitrogens with two attached hydrogens (primary N) is 1. The minimum absolute atomic E-state index is 0.186. The van der Waals surface area contributed by atoms with E-state index in [1.807, 2.05) is 10.7 Å². The minimum Gasteiger partial charge on any atom is -0.469 e. The van der Waals surface area contributed by atoms with Crippen LogP contribution in [0.1, 0.15) is 31.5 Å². The lowest BCUT2D eigenvalue weighted by Gasteiger charge is -2.12. The summed E-state index contributed by atoms with van der Waals surface area (Å²) in [6.07, 6.45) is 2.87. The molecule has 0 aromatic carbocycles. The number of aromatic nitrogens is 2. The number of nitrogens with zero attached hydrogens (tertiary/aromatic N) is 2. The summed E-state index contributed by atoms with van der Waals surface area (Å²) in [6, 6.07) is 1.50. The molecule has 15 heavy (non-hydrogen) atoms. The lowest BCUT2D eigenvalue weighted by molar-refractivity contribution is -0.141. The summed E-state index contributed by atoms with van der Waals surface area (Å²) in [5, 5.41) is 4.14. The van der Waals surface area contributed by atoms with Crippen LogP contribution in [0.5, 0.6) is 0 Å². The van der Waals surface area contributed by atoms with Gasteiger partial charge in [0.05, 0.1) is 25.3 Å². The number of rotatable bonds is 5. The van der Waals surface area contributed by atoms with E-state index in [9.17, 15) is 4.79 Å². The number of carbonyl (C=O) groups is 1. The van der Waals surface area contributed by atoms with Crippen LogP contribution in [0.4, 0.5) is 0 Å². The quantitative estimate of drug-likeness (QED) is 0.733. The van der Waals surface area contributed by atoms with Crippen molar-refractivity contribution in [2.75, 3.05) is 7.11 Å². The Bertz CT molecular complexity index is 322. The molecule has 0 amide bonds. The zero-order valence-electron chi connectivity index (χ0n) is 9.14. The van der Waals surface area contributed by atoms with E-state index in [2.05, 4.69) is 16.8 Å². The number of esters is 1. The molecule has 0 aliphatic carbocycles. The number of ether oxygens (including phenoxy) is 1. The molecule has 1 aromatic rings. The number of hydrogen-bond acceptors (Lipinski definition) is 4. The second kappa shape index (κ2) is 5.50. The molecule has 5 nitrogen and oxygen atoms in total. The van der Waals surface area contributed by atoms with E-state index < -0.39 is 0 Å². The molecular formula is C10H17N3O2. The molecule has 0 bridgehead atoms. The minimum atomic E-state index is -0.341. The third-order valence-electron chi connectivity index (χ3n) is 2.18. The number of methoxy groups -OCH3 is 1. The van der Waals surface area contributed by atoms with Gasteiger partial charge in [-0.15, -0.1) is 0 Å². The topological polar surface area (TPSA) is 70.1 Å². The normalized spacial score (nSPS) is 12.5. The second-order valence-electron chi connectivity index (χ2n) is 3.37. The van der Waals surface area contributed by atoms with Crippen molar-refractivity contribution in [3.8, 4) is 0 Å². The Morgan fingerprint density at radius 3 is 3.07 bits per heavy atom. The summed E-state index contributed by atoms with van der Waals surface area (Å²) < 4.78 is 6.40. The van der Waals surface area contributed by atoms with E-state index in [4.69, 9.17) is 5.73 Å². The first-order valence-electron chi connectivity index (χ1n) is 5.03. The third-order valence-corrected chi connectivity index (χ3v) is 2.18. The summed E-state index contributed by atoms with van der Waals surface area (Å²) in [5.74, 6) is -0.299. The van der Waals surface area contributed by atoms with Gasteiger partial charge in [-0.3, -0.25) is 9.48 Å². The first-order valence-corrected chi connectivity index (χ1v) is 5.03. The highest BCUT2D eigenvalue weighted by Gasteiger charge is 2.15. The summed E-state index contributed by atoms with van der Waals surface area (Å²) >= 11 is 0. The Morgan fingerprint density at radius 2 is 2.47 bits per heavy atom. The fraction of sp³-hybridized carbons (Fsp3) is 0.600. The maximum absolute atomic E-state index is 11.1. The number of aryl methyl sites for hydroxylation is 1. The van der Waals surface area contributed by atoms with Crippen LogP contribution in [0.2, 0.25) is 0 Å². The van der Waals surface area contributed by atoms with Gasteiger partial charge in [-0.2, -0.15) is 5.10 Å². The van der Waals surface area contributed by atoms with Crippen molar-refractivity contribution in [1.29, 1.82) is 0 Å². The Labute approximate surface area is 89.2 Å². The zero-order chi connectivity index (χ0) is 11.3. The van der Waals surface area contributed by atoms with Crippen molar-refractivity contribution < 1.29 is 9.53 Å². The lowest BCUT2D eigenvalue weighted by atomic mass is 10.1. The lowest BCUT2D eigenvalue weighted by Crippen LogP contribution is -2.20. The van der Waals surface area contributed by atoms with Crippen molar-refractivity contribution >= 4 is 5.97 Å². The molecule has 0 radical (unpaired) electrons. The van der Waals surface area contributed by atoms with Gasteiger partial charge in [-0.1, -0.05) is 6.92 Å². The largest absolute Gasteiger partial charge is 0.469 e. The highest BCUT2D eigenvalue weighted by Crippen LogP contribution is 2.14. The molecule has 1 rings (SSSR count). The molecule has 0 spiro atoms. The van der Waals surface area contributed by atoms with Crippen LogP contribution in [-0.4, -0.2) is 22.9 Å². The standard InChI is InChI=1S/C10H17N3O2/c1-3-6-13-9(4-5-12-13)8(11)7-10(14)15-2/h4-5,8H,3,6-7,11H2,1-2H3. The van der Waals surface area contributed by atoms with E-state index in [1.165, 1.54) is 7.11 Å². The molecule has 2 N–H and O–H groups in total. The van der Waals surface area contributed by atoms with Crippen LogP contribution in [0, 0.1) is 0 Å². The SMILES string of the molecule is CCCn1nccc1C(N)CC(=O)OC. The summed E-state index contributed by atoms with van der Waals surface area (Å²) in [5.41, 5.74) is 6.76. The molecule has 0 aliphatic rings. The first kappa shape index (κ1) is 11.7. The van der Waals surface area contributed by atoms with Crippen molar-refractivity contribution in [3.63, 3.8) is 0 Å². The maximum Gasteiger partial charge on any atom is 0.307 e. The molecule has 1 aromatic heterocycles. The Morgan fingerprint density at radius 1 is 1.73 bits per heavy atom. The van der Waals surface area contributed by atoms with Gasteiger partial charge < -0.3 is 10.5 Å². The van der Waals surface area contributed by atoms with E-state index in [-0.39, 0.29) is 18.4 Å². The van der Waals surface area contributed by atoms with Gasteiger partial charge in [-0.25, -0.2) is 0 Å². The molecule has 5 heteroatoms. The van der Waals surface area contributed by atoms with E-state index >= 15 is 0 Å². The predicted octanol–water partition coefficient (Wildman–Crippen LogP) is 0.856. The molecule has 0 saturated carbocycles. The van der Waals surface area contributed by atoms with Crippen LogP contribution in [0.25, 0.3) is 0 Å². The second-order valence-corrected chi connectivity index (χ2v) is 3.37. The monoisotopic (exact) mass is 211 g/mol. The van der Waals surface area contributed by atoms with Crippen LogP contribution in [-0.2, 0) is 16.1 Å². The van der Waals surface area contributed by atoms with E-state index in [1.54, 1.807) is 6.20 Å². The van der Waals surface area contributed by atoms with Crippen LogP contribution in [0.15, 0.2) is 12.3 Å². The molecule has 1 unspecified atom stereocenters. The molecule has 0 aliphatic heterocycles. The Balaban J connectivity index is 2.68. The molecule has 84 valence electrons. The molecular weight excluding hydrogens is 194 g/mol. The Hall–Kier alpha value is -1.36. The maximum atomic E-state index is 11.1.